The summed E-state index contributed by atoms with van der Waals surface area (Å²) in [5.41, 5.74) is 2.36. The highest BCUT2D eigenvalue weighted by Crippen LogP contribution is 2.23. The van der Waals surface area contributed by atoms with Crippen LogP contribution in [0.2, 0.25) is 0 Å². The van der Waals surface area contributed by atoms with Gasteiger partial charge in [-0.2, -0.15) is 0 Å². The van der Waals surface area contributed by atoms with E-state index in [1.54, 1.807) is 18.3 Å². The predicted molar refractivity (Wildman–Crippen MR) is 82.2 cm³/mol. The van der Waals surface area contributed by atoms with Gasteiger partial charge in [-0.15, -0.1) is 0 Å². The van der Waals surface area contributed by atoms with E-state index in [1.807, 2.05) is 48.5 Å². The first kappa shape index (κ1) is 13.1. The third-order valence-corrected chi connectivity index (χ3v) is 3.29. The number of nitrogens with zero attached hydrogens (tertiary/aromatic N) is 1. The van der Waals surface area contributed by atoms with E-state index in [2.05, 4.69) is 10.3 Å². The third kappa shape index (κ3) is 2.84. The number of pyridine rings is 1. The molecule has 0 saturated carbocycles. The van der Waals surface area contributed by atoms with Crippen molar-refractivity contribution in [2.75, 3.05) is 5.32 Å². The van der Waals surface area contributed by atoms with E-state index in [9.17, 15) is 9.90 Å². The number of aliphatic carboxylic acids is 1. The topological polar surface area (TPSA) is 62.2 Å². The van der Waals surface area contributed by atoms with Crippen molar-refractivity contribution >= 4 is 22.6 Å². The molecule has 0 bridgehead atoms. The molecule has 4 heteroatoms. The third-order valence-electron chi connectivity index (χ3n) is 3.29. The minimum absolute atomic E-state index is 0.719. The summed E-state index contributed by atoms with van der Waals surface area (Å²) in [4.78, 5) is 15.7. The number of rotatable bonds is 4. The molecule has 2 aromatic carbocycles. The Morgan fingerprint density at radius 1 is 1.05 bits per heavy atom. The minimum atomic E-state index is -0.910. The molecule has 2 N–H and O–H groups in total. The maximum Gasteiger partial charge on any atom is 0.330 e. The van der Waals surface area contributed by atoms with Gasteiger partial charge >= 0.3 is 5.97 Å². The van der Waals surface area contributed by atoms with E-state index in [0.29, 0.717) is 0 Å². The van der Waals surface area contributed by atoms with Crippen molar-refractivity contribution in [1.82, 2.24) is 4.98 Å². The molecule has 0 radical (unpaired) electrons. The van der Waals surface area contributed by atoms with Crippen LogP contribution in [0.1, 0.15) is 11.6 Å². The van der Waals surface area contributed by atoms with Crippen LogP contribution in [0.5, 0.6) is 0 Å². The van der Waals surface area contributed by atoms with Crippen LogP contribution < -0.4 is 5.32 Å². The van der Waals surface area contributed by atoms with Crippen LogP contribution in [0, 0.1) is 0 Å². The van der Waals surface area contributed by atoms with Crippen molar-refractivity contribution in [3.63, 3.8) is 0 Å². The Balaban J connectivity index is 1.93. The largest absolute Gasteiger partial charge is 0.479 e. The minimum Gasteiger partial charge on any atom is -0.479 e. The number of hydrogen-bond acceptors (Lipinski definition) is 3. The summed E-state index contributed by atoms with van der Waals surface area (Å²) in [6, 6.07) is 17.8. The van der Waals surface area contributed by atoms with E-state index in [0.717, 1.165) is 22.2 Å². The average Bonchev–Trinajstić information content (AvgIpc) is 2.53. The lowest BCUT2D eigenvalue weighted by atomic mass is 10.1. The fraction of sp³-hybridized carbons (Fsp3) is 0.0588. The summed E-state index contributed by atoms with van der Waals surface area (Å²) < 4.78 is 0. The molecule has 0 spiro atoms. The maximum atomic E-state index is 11.5. The number of hydrogen-bond donors (Lipinski definition) is 2. The normalized spacial score (nSPS) is 12.0. The molecule has 1 atom stereocenters. The van der Waals surface area contributed by atoms with Crippen molar-refractivity contribution in [1.29, 1.82) is 0 Å². The summed E-state index contributed by atoms with van der Waals surface area (Å²) in [7, 11) is 0. The first-order valence-corrected chi connectivity index (χ1v) is 6.63. The van der Waals surface area contributed by atoms with Crippen LogP contribution in [0.3, 0.4) is 0 Å². The van der Waals surface area contributed by atoms with Gasteiger partial charge in [-0.1, -0.05) is 36.4 Å². The molecular formula is C17H14N2O2. The average molecular weight is 278 g/mol. The molecule has 0 aliphatic rings. The zero-order valence-corrected chi connectivity index (χ0v) is 11.2. The fourth-order valence-electron chi connectivity index (χ4n) is 2.27. The first-order valence-electron chi connectivity index (χ1n) is 6.63. The van der Waals surface area contributed by atoms with Gasteiger partial charge in [-0.05, 0) is 29.8 Å². The van der Waals surface area contributed by atoms with Gasteiger partial charge in [0.2, 0.25) is 0 Å². The maximum absolute atomic E-state index is 11.5. The molecule has 1 heterocycles. The van der Waals surface area contributed by atoms with Gasteiger partial charge in [0.1, 0.15) is 0 Å². The Kier molecular flexibility index (Phi) is 3.51. The van der Waals surface area contributed by atoms with Crippen LogP contribution in [-0.2, 0) is 4.79 Å². The first-order chi connectivity index (χ1) is 10.2. The molecular weight excluding hydrogens is 264 g/mol. The summed E-state index contributed by atoms with van der Waals surface area (Å²) >= 11 is 0. The van der Waals surface area contributed by atoms with Crippen molar-refractivity contribution in [2.45, 2.75) is 6.04 Å². The Bertz CT molecular complexity index is 772. The lowest BCUT2D eigenvalue weighted by Crippen LogP contribution is -2.20. The van der Waals surface area contributed by atoms with Gasteiger partial charge in [-0.3, -0.25) is 4.98 Å². The highest BCUT2D eigenvalue weighted by molar-refractivity contribution is 5.84. The summed E-state index contributed by atoms with van der Waals surface area (Å²) in [5, 5.41) is 13.5. The number of benzene rings is 2. The van der Waals surface area contributed by atoms with E-state index < -0.39 is 12.0 Å². The van der Waals surface area contributed by atoms with Crippen LogP contribution in [-0.4, -0.2) is 16.1 Å². The predicted octanol–water partition coefficient (Wildman–Crippen LogP) is 3.47. The molecule has 0 fully saturated rings. The molecule has 1 unspecified atom stereocenters. The monoisotopic (exact) mass is 278 g/mol. The van der Waals surface area contributed by atoms with Crippen LogP contribution in [0.25, 0.3) is 10.9 Å². The van der Waals surface area contributed by atoms with Crippen molar-refractivity contribution in [3.05, 3.63) is 72.4 Å². The molecule has 3 rings (SSSR count). The van der Waals surface area contributed by atoms with Gasteiger partial charge in [-0.25, -0.2) is 4.79 Å². The molecule has 0 aliphatic carbocycles. The summed E-state index contributed by atoms with van der Waals surface area (Å²) in [6.45, 7) is 0. The smallest absolute Gasteiger partial charge is 0.330 e. The molecule has 0 saturated heterocycles. The fourth-order valence-corrected chi connectivity index (χ4v) is 2.27. The van der Waals surface area contributed by atoms with Crippen LogP contribution in [0.4, 0.5) is 5.69 Å². The number of fused-ring (bicyclic) bond motifs is 1. The van der Waals surface area contributed by atoms with Crippen molar-refractivity contribution in [3.8, 4) is 0 Å². The Hall–Kier alpha value is -2.88. The van der Waals surface area contributed by atoms with Gasteiger partial charge in [0, 0.05) is 17.3 Å². The number of nitrogens with one attached hydrogen (secondary N) is 1. The number of anilines is 1. The Morgan fingerprint density at radius 3 is 2.62 bits per heavy atom. The van der Waals surface area contributed by atoms with Crippen molar-refractivity contribution < 1.29 is 9.90 Å². The zero-order chi connectivity index (χ0) is 14.7. The lowest BCUT2D eigenvalue weighted by Gasteiger charge is -2.16. The zero-order valence-electron chi connectivity index (χ0n) is 11.2. The molecule has 104 valence electrons. The lowest BCUT2D eigenvalue weighted by molar-refractivity contribution is -0.138. The summed E-state index contributed by atoms with van der Waals surface area (Å²) in [6.07, 6.45) is 1.74. The molecule has 0 aliphatic heterocycles. The van der Waals surface area contributed by atoms with Gasteiger partial charge in [0.25, 0.3) is 0 Å². The number of aromatic nitrogens is 1. The number of carbonyl (C=O) groups is 1. The second-order valence-corrected chi connectivity index (χ2v) is 4.74. The highest BCUT2D eigenvalue weighted by atomic mass is 16.4. The highest BCUT2D eigenvalue weighted by Gasteiger charge is 2.19. The molecule has 21 heavy (non-hydrogen) atoms. The number of carboxylic acids is 1. The second-order valence-electron chi connectivity index (χ2n) is 4.74. The van der Waals surface area contributed by atoms with Gasteiger partial charge < -0.3 is 10.4 Å². The second kappa shape index (κ2) is 5.63. The number of carboxylic acid groups (broad SMARTS) is 1. The van der Waals surface area contributed by atoms with Crippen LogP contribution in [0.15, 0.2) is 66.9 Å². The van der Waals surface area contributed by atoms with E-state index >= 15 is 0 Å². The van der Waals surface area contributed by atoms with Gasteiger partial charge in [0.05, 0.1) is 5.52 Å². The quantitative estimate of drug-likeness (QED) is 0.767. The van der Waals surface area contributed by atoms with Crippen LogP contribution >= 0.6 is 0 Å². The molecule has 0 amide bonds. The van der Waals surface area contributed by atoms with Gasteiger partial charge in [0.15, 0.2) is 6.04 Å². The SMILES string of the molecule is O=C(O)C(Nc1ccc2ncccc2c1)c1ccccc1. The van der Waals surface area contributed by atoms with E-state index in [1.165, 1.54) is 0 Å². The molecule has 1 aromatic heterocycles. The van der Waals surface area contributed by atoms with Crippen molar-refractivity contribution in [2.24, 2.45) is 0 Å². The standard InChI is InChI=1S/C17H14N2O2/c20-17(21)16(12-5-2-1-3-6-12)19-14-8-9-15-13(11-14)7-4-10-18-15/h1-11,16,19H,(H,20,21). The van der Waals surface area contributed by atoms with E-state index in [4.69, 9.17) is 0 Å². The summed E-state index contributed by atoms with van der Waals surface area (Å²) in [5.74, 6) is -0.910. The molecule has 3 aromatic rings. The Morgan fingerprint density at radius 2 is 1.86 bits per heavy atom. The Labute approximate surface area is 122 Å². The molecule has 4 nitrogen and oxygen atoms in total. The van der Waals surface area contributed by atoms with E-state index in [-0.39, 0.29) is 0 Å².